The van der Waals surface area contributed by atoms with Gasteiger partial charge in [-0.15, -0.1) is 0 Å². The van der Waals surface area contributed by atoms with Crippen LogP contribution >= 0.6 is 0 Å². The van der Waals surface area contributed by atoms with Gasteiger partial charge in [0.05, 0.1) is 0 Å². The second kappa shape index (κ2) is 5.12. The van der Waals surface area contributed by atoms with E-state index in [2.05, 4.69) is 10.4 Å². The third kappa shape index (κ3) is 2.42. The van der Waals surface area contributed by atoms with Crippen molar-refractivity contribution in [2.75, 3.05) is 0 Å². The van der Waals surface area contributed by atoms with Gasteiger partial charge in [0.15, 0.2) is 0 Å². The molecule has 1 aromatic rings. The van der Waals surface area contributed by atoms with Crippen molar-refractivity contribution in [2.24, 2.45) is 0 Å². The lowest BCUT2D eigenvalue weighted by molar-refractivity contribution is 0.0921. The lowest BCUT2D eigenvalue weighted by Gasteiger charge is -2.22. The Kier molecular flexibility index (Phi) is 3.35. The molecule has 0 unspecified atom stereocenters. The van der Waals surface area contributed by atoms with Crippen LogP contribution in [0.2, 0.25) is 0 Å². The monoisotopic (exact) mass is 247 g/mol. The Hall–Kier alpha value is -1.32. The van der Waals surface area contributed by atoms with Crippen LogP contribution < -0.4 is 5.32 Å². The summed E-state index contributed by atoms with van der Waals surface area (Å²) < 4.78 is 2.00. The summed E-state index contributed by atoms with van der Waals surface area (Å²) in [6, 6.07) is 2.34. The highest BCUT2D eigenvalue weighted by molar-refractivity contribution is 5.92. The van der Waals surface area contributed by atoms with Gasteiger partial charge < -0.3 is 5.32 Å². The Morgan fingerprint density at radius 3 is 2.83 bits per heavy atom. The molecule has 4 heteroatoms. The number of fused-ring (bicyclic) bond motifs is 1. The van der Waals surface area contributed by atoms with Crippen molar-refractivity contribution in [3.8, 4) is 0 Å². The third-order valence-electron chi connectivity index (χ3n) is 4.09. The Morgan fingerprint density at radius 2 is 2.06 bits per heavy atom. The molecule has 1 aliphatic heterocycles. The molecule has 1 fully saturated rings. The maximum Gasteiger partial charge on any atom is 0.272 e. The van der Waals surface area contributed by atoms with Crippen molar-refractivity contribution in [2.45, 2.75) is 64.0 Å². The van der Waals surface area contributed by atoms with Crippen molar-refractivity contribution in [3.63, 3.8) is 0 Å². The number of nitrogens with zero attached hydrogens (tertiary/aromatic N) is 2. The minimum absolute atomic E-state index is 0.0174. The molecule has 98 valence electrons. The van der Waals surface area contributed by atoms with E-state index >= 15 is 0 Å². The lowest BCUT2D eigenvalue weighted by atomic mass is 9.95. The van der Waals surface area contributed by atoms with E-state index in [-0.39, 0.29) is 5.91 Å². The zero-order chi connectivity index (χ0) is 12.4. The molecule has 0 aromatic carbocycles. The molecule has 0 radical (unpaired) electrons. The van der Waals surface area contributed by atoms with Crippen LogP contribution in [-0.2, 0) is 13.0 Å². The topological polar surface area (TPSA) is 46.9 Å². The average molecular weight is 247 g/mol. The Balaban J connectivity index is 1.66. The van der Waals surface area contributed by atoms with Crippen LogP contribution in [0.3, 0.4) is 0 Å². The van der Waals surface area contributed by atoms with Crippen LogP contribution in [0, 0.1) is 0 Å². The van der Waals surface area contributed by atoms with E-state index in [1.54, 1.807) is 0 Å². The summed E-state index contributed by atoms with van der Waals surface area (Å²) in [4.78, 5) is 12.1. The van der Waals surface area contributed by atoms with Crippen LogP contribution in [-0.4, -0.2) is 21.7 Å². The molecule has 1 aliphatic carbocycles. The van der Waals surface area contributed by atoms with Gasteiger partial charge in [-0.05, 0) is 38.2 Å². The van der Waals surface area contributed by atoms with Gasteiger partial charge >= 0.3 is 0 Å². The number of amides is 1. The average Bonchev–Trinajstić information content (AvgIpc) is 2.84. The predicted molar refractivity (Wildman–Crippen MR) is 69.5 cm³/mol. The molecule has 4 nitrogen and oxygen atoms in total. The molecule has 1 aromatic heterocycles. The van der Waals surface area contributed by atoms with E-state index in [0.717, 1.165) is 25.8 Å². The molecule has 2 aliphatic rings. The smallest absolute Gasteiger partial charge is 0.272 e. The van der Waals surface area contributed by atoms with Crippen molar-refractivity contribution in [3.05, 3.63) is 17.5 Å². The van der Waals surface area contributed by atoms with Crippen LogP contribution in [0.15, 0.2) is 6.07 Å². The summed E-state index contributed by atoms with van der Waals surface area (Å²) in [6.45, 7) is 0.964. The summed E-state index contributed by atoms with van der Waals surface area (Å²) in [7, 11) is 0. The summed E-state index contributed by atoms with van der Waals surface area (Å²) in [5.41, 5.74) is 1.83. The Morgan fingerprint density at radius 1 is 1.22 bits per heavy atom. The van der Waals surface area contributed by atoms with Gasteiger partial charge in [-0.3, -0.25) is 9.48 Å². The van der Waals surface area contributed by atoms with Gasteiger partial charge in [0, 0.05) is 18.3 Å². The molecule has 1 N–H and O–H groups in total. The first kappa shape index (κ1) is 11.8. The van der Waals surface area contributed by atoms with Crippen molar-refractivity contribution < 1.29 is 4.79 Å². The quantitative estimate of drug-likeness (QED) is 0.871. The first-order chi connectivity index (χ1) is 8.83. The summed E-state index contributed by atoms with van der Waals surface area (Å²) in [5.74, 6) is 0.0174. The molecule has 0 atom stereocenters. The van der Waals surface area contributed by atoms with Crippen LogP contribution in [0.25, 0.3) is 0 Å². The molecule has 1 amide bonds. The van der Waals surface area contributed by atoms with E-state index in [4.69, 9.17) is 0 Å². The van der Waals surface area contributed by atoms with Crippen molar-refractivity contribution >= 4 is 5.91 Å². The van der Waals surface area contributed by atoms with E-state index in [1.807, 2.05) is 10.7 Å². The Labute approximate surface area is 108 Å². The van der Waals surface area contributed by atoms with Gasteiger partial charge in [0.2, 0.25) is 0 Å². The second-order valence-corrected chi connectivity index (χ2v) is 5.51. The van der Waals surface area contributed by atoms with E-state index in [1.165, 1.54) is 37.8 Å². The van der Waals surface area contributed by atoms with E-state index < -0.39 is 0 Å². The number of hydrogen-bond donors (Lipinski definition) is 1. The van der Waals surface area contributed by atoms with Crippen LogP contribution in [0.5, 0.6) is 0 Å². The molecule has 1 saturated carbocycles. The SMILES string of the molecule is O=C(NC1CCCCC1)c1cc2n(n1)CCCC2. The van der Waals surface area contributed by atoms with Crippen LogP contribution in [0.1, 0.15) is 61.1 Å². The number of nitrogens with one attached hydrogen (secondary N) is 1. The third-order valence-corrected chi connectivity index (χ3v) is 4.09. The van der Waals surface area contributed by atoms with E-state index in [9.17, 15) is 4.79 Å². The lowest BCUT2D eigenvalue weighted by Crippen LogP contribution is -2.36. The molecule has 0 bridgehead atoms. The minimum Gasteiger partial charge on any atom is -0.348 e. The first-order valence-corrected chi connectivity index (χ1v) is 7.20. The molecule has 0 saturated heterocycles. The van der Waals surface area contributed by atoms with Gasteiger partial charge in [0.25, 0.3) is 5.91 Å². The van der Waals surface area contributed by atoms with Gasteiger partial charge in [-0.2, -0.15) is 5.10 Å². The fraction of sp³-hybridized carbons (Fsp3) is 0.714. The van der Waals surface area contributed by atoms with Gasteiger partial charge in [0.1, 0.15) is 5.69 Å². The second-order valence-electron chi connectivity index (χ2n) is 5.51. The maximum absolute atomic E-state index is 12.1. The molecule has 18 heavy (non-hydrogen) atoms. The maximum atomic E-state index is 12.1. The number of aryl methyl sites for hydroxylation is 2. The van der Waals surface area contributed by atoms with Gasteiger partial charge in [-0.25, -0.2) is 0 Å². The van der Waals surface area contributed by atoms with Crippen molar-refractivity contribution in [1.82, 2.24) is 15.1 Å². The van der Waals surface area contributed by atoms with Crippen molar-refractivity contribution in [1.29, 1.82) is 0 Å². The summed E-state index contributed by atoms with van der Waals surface area (Å²) in [6.07, 6.45) is 9.50. The molecule has 0 spiro atoms. The number of carbonyl (C=O) groups is 1. The number of carbonyl (C=O) groups excluding carboxylic acids is 1. The summed E-state index contributed by atoms with van der Waals surface area (Å²) >= 11 is 0. The number of aromatic nitrogens is 2. The number of hydrogen-bond acceptors (Lipinski definition) is 2. The first-order valence-electron chi connectivity index (χ1n) is 7.20. The zero-order valence-corrected chi connectivity index (χ0v) is 10.8. The highest BCUT2D eigenvalue weighted by atomic mass is 16.2. The molecular weight excluding hydrogens is 226 g/mol. The minimum atomic E-state index is 0.0174. The molecular formula is C14H21N3O. The largest absolute Gasteiger partial charge is 0.348 e. The zero-order valence-electron chi connectivity index (χ0n) is 10.8. The highest BCUT2D eigenvalue weighted by Gasteiger charge is 2.20. The van der Waals surface area contributed by atoms with Gasteiger partial charge in [-0.1, -0.05) is 19.3 Å². The fourth-order valence-electron chi connectivity index (χ4n) is 3.04. The molecule has 2 heterocycles. The normalized spacial score (nSPS) is 20.4. The highest BCUT2D eigenvalue weighted by Crippen LogP contribution is 2.19. The number of rotatable bonds is 2. The Bertz CT molecular complexity index is 409. The molecule has 3 rings (SSSR count). The van der Waals surface area contributed by atoms with Crippen LogP contribution in [0.4, 0.5) is 0 Å². The predicted octanol–water partition coefficient (Wildman–Crippen LogP) is 2.28. The standard InChI is InChI=1S/C14H21N3O/c18-14(15-11-6-2-1-3-7-11)13-10-12-8-4-5-9-17(12)16-13/h10-11H,1-9H2,(H,15,18). The van der Waals surface area contributed by atoms with E-state index in [0.29, 0.717) is 11.7 Å². The fourth-order valence-corrected chi connectivity index (χ4v) is 3.04. The summed E-state index contributed by atoms with van der Waals surface area (Å²) in [5, 5.41) is 7.55.